The Bertz CT molecular complexity index is 630. The summed E-state index contributed by atoms with van der Waals surface area (Å²) in [6, 6.07) is 3.34. The van der Waals surface area contributed by atoms with Crippen molar-refractivity contribution in [2.24, 2.45) is 7.05 Å². The molecule has 1 amide bonds. The molecule has 0 aromatic carbocycles. The molecular formula is C12H13N3O3S. The molecule has 7 heteroatoms. The summed E-state index contributed by atoms with van der Waals surface area (Å²) < 4.78 is 6.22. The number of aromatic nitrogens is 2. The monoisotopic (exact) mass is 279 g/mol. The number of nitrogens with zero attached hydrogens (tertiary/aromatic N) is 2. The second-order valence-corrected chi connectivity index (χ2v) is 5.18. The standard InChI is InChI=1S/C12H13N3O3S/c1-7-6-9(10(19-7)12(17)18-3)13-11(16)8-4-5-15(2)14-8/h4-6H,1-3H3,(H,13,16). The summed E-state index contributed by atoms with van der Waals surface area (Å²) in [5, 5.41) is 6.67. The lowest BCUT2D eigenvalue weighted by Gasteiger charge is -2.03. The highest BCUT2D eigenvalue weighted by molar-refractivity contribution is 7.14. The number of hydrogen-bond donors (Lipinski definition) is 1. The number of ether oxygens (including phenoxy) is 1. The van der Waals surface area contributed by atoms with Gasteiger partial charge in [0.2, 0.25) is 0 Å². The number of thiophene rings is 1. The highest BCUT2D eigenvalue weighted by Crippen LogP contribution is 2.27. The molecule has 0 aliphatic heterocycles. The van der Waals surface area contributed by atoms with Gasteiger partial charge in [0.15, 0.2) is 5.69 Å². The van der Waals surface area contributed by atoms with Crippen LogP contribution in [0.15, 0.2) is 18.3 Å². The van der Waals surface area contributed by atoms with Crippen molar-refractivity contribution in [3.05, 3.63) is 33.8 Å². The summed E-state index contributed by atoms with van der Waals surface area (Å²) in [4.78, 5) is 24.8. The van der Waals surface area contributed by atoms with E-state index in [2.05, 4.69) is 15.2 Å². The Balaban J connectivity index is 2.24. The number of methoxy groups -OCH3 is 1. The van der Waals surface area contributed by atoms with E-state index in [0.29, 0.717) is 16.3 Å². The van der Waals surface area contributed by atoms with Crippen molar-refractivity contribution in [3.63, 3.8) is 0 Å². The summed E-state index contributed by atoms with van der Waals surface area (Å²) in [7, 11) is 3.03. The van der Waals surface area contributed by atoms with E-state index in [1.165, 1.54) is 23.1 Å². The van der Waals surface area contributed by atoms with Gasteiger partial charge < -0.3 is 10.1 Å². The fourth-order valence-corrected chi connectivity index (χ4v) is 2.46. The quantitative estimate of drug-likeness (QED) is 0.870. The number of carbonyl (C=O) groups excluding carboxylic acids is 2. The minimum absolute atomic E-state index is 0.294. The van der Waals surface area contributed by atoms with Gasteiger partial charge in [-0.1, -0.05) is 0 Å². The number of anilines is 1. The van der Waals surface area contributed by atoms with Gasteiger partial charge >= 0.3 is 5.97 Å². The Hall–Kier alpha value is -2.15. The van der Waals surface area contributed by atoms with Crippen LogP contribution in [0.1, 0.15) is 25.0 Å². The molecule has 2 aromatic rings. The highest BCUT2D eigenvalue weighted by atomic mass is 32.1. The van der Waals surface area contributed by atoms with Crippen molar-refractivity contribution in [3.8, 4) is 0 Å². The number of nitrogens with one attached hydrogen (secondary N) is 1. The Kier molecular flexibility index (Phi) is 3.66. The summed E-state index contributed by atoms with van der Waals surface area (Å²) in [5.41, 5.74) is 0.743. The third-order valence-corrected chi connectivity index (χ3v) is 3.45. The summed E-state index contributed by atoms with van der Waals surface area (Å²) in [5.74, 6) is -0.821. The molecule has 6 nitrogen and oxygen atoms in total. The maximum absolute atomic E-state index is 12.0. The van der Waals surface area contributed by atoms with Gasteiger partial charge in [-0.15, -0.1) is 11.3 Å². The van der Waals surface area contributed by atoms with Crippen molar-refractivity contribution in [2.45, 2.75) is 6.92 Å². The van der Waals surface area contributed by atoms with Crippen molar-refractivity contribution in [1.82, 2.24) is 9.78 Å². The fourth-order valence-electron chi connectivity index (χ4n) is 1.57. The number of esters is 1. The maximum Gasteiger partial charge on any atom is 0.350 e. The zero-order valence-electron chi connectivity index (χ0n) is 10.8. The van der Waals surface area contributed by atoms with Gasteiger partial charge in [0, 0.05) is 18.1 Å². The van der Waals surface area contributed by atoms with E-state index in [-0.39, 0.29) is 5.91 Å². The van der Waals surface area contributed by atoms with Crippen molar-refractivity contribution < 1.29 is 14.3 Å². The summed E-state index contributed by atoms with van der Waals surface area (Å²) >= 11 is 1.27. The molecule has 0 aliphatic rings. The first-order chi connectivity index (χ1) is 9.01. The van der Waals surface area contributed by atoms with Crippen LogP contribution in [0.5, 0.6) is 0 Å². The van der Waals surface area contributed by atoms with Crippen LogP contribution in [0.25, 0.3) is 0 Å². The normalized spacial score (nSPS) is 10.3. The minimum Gasteiger partial charge on any atom is -0.465 e. The minimum atomic E-state index is -0.463. The molecule has 0 spiro atoms. The fraction of sp³-hybridized carbons (Fsp3) is 0.250. The maximum atomic E-state index is 12.0. The van der Waals surface area contributed by atoms with Crippen LogP contribution in [-0.2, 0) is 11.8 Å². The van der Waals surface area contributed by atoms with Gasteiger partial charge in [-0.2, -0.15) is 5.10 Å². The molecule has 2 aromatic heterocycles. The van der Waals surface area contributed by atoms with Gasteiger partial charge in [-0.25, -0.2) is 4.79 Å². The summed E-state index contributed by atoms with van der Waals surface area (Å²) in [6.45, 7) is 1.85. The van der Waals surface area contributed by atoms with Crippen LogP contribution >= 0.6 is 11.3 Å². The molecule has 0 bridgehead atoms. The number of carbonyl (C=O) groups is 2. The van der Waals surface area contributed by atoms with Crippen LogP contribution in [0.2, 0.25) is 0 Å². The molecule has 0 atom stereocenters. The largest absolute Gasteiger partial charge is 0.465 e. The van der Waals surface area contributed by atoms with Gasteiger partial charge in [0.1, 0.15) is 4.88 Å². The van der Waals surface area contributed by atoms with Gasteiger partial charge in [-0.3, -0.25) is 9.48 Å². The molecule has 1 N–H and O–H groups in total. The van der Waals surface area contributed by atoms with Crippen LogP contribution < -0.4 is 5.32 Å². The second kappa shape index (κ2) is 5.23. The average Bonchev–Trinajstić information content (AvgIpc) is 2.95. The van der Waals surface area contributed by atoms with Crippen LogP contribution in [0.4, 0.5) is 5.69 Å². The first-order valence-corrected chi connectivity index (χ1v) is 6.32. The van der Waals surface area contributed by atoms with Crippen molar-refractivity contribution in [1.29, 1.82) is 0 Å². The molecule has 2 rings (SSSR count). The molecule has 2 heterocycles. The second-order valence-electron chi connectivity index (χ2n) is 3.92. The molecule has 0 fully saturated rings. The first kappa shape index (κ1) is 13.3. The van der Waals surface area contributed by atoms with Crippen molar-refractivity contribution >= 4 is 28.9 Å². The van der Waals surface area contributed by atoms with Gasteiger partial charge in [0.25, 0.3) is 5.91 Å². The number of aryl methyl sites for hydroxylation is 2. The van der Waals surface area contributed by atoms with Gasteiger partial charge in [0.05, 0.1) is 12.8 Å². The highest BCUT2D eigenvalue weighted by Gasteiger charge is 2.18. The SMILES string of the molecule is COC(=O)c1sc(C)cc1NC(=O)c1ccn(C)n1. The summed E-state index contributed by atoms with van der Waals surface area (Å²) in [6.07, 6.45) is 1.68. The Morgan fingerprint density at radius 2 is 2.21 bits per heavy atom. The number of hydrogen-bond acceptors (Lipinski definition) is 5. The Labute approximate surface area is 114 Å². The molecule has 0 saturated carbocycles. The van der Waals surface area contributed by atoms with Crippen LogP contribution in [-0.4, -0.2) is 28.8 Å². The molecule has 19 heavy (non-hydrogen) atoms. The predicted molar refractivity (Wildman–Crippen MR) is 71.6 cm³/mol. The lowest BCUT2D eigenvalue weighted by molar-refractivity contribution is 0.0607. The Morgan fingerprint density at radius 3 is 2.79 bits per heavy atom. The average molecular weight is 279 g/mol. The van der Waals surface area contributed by atoms with Crippen molar-refractivity contribution in [2.75, 3.05) is 12.4 Å². The Morgan fingerprint density at radius 1 is 1.47 bits per heavy atom. The number of rotatable bonds is 3. The molecular weight excluding hydrogens is 266 g/mol. The predicted octanol–water partition coefficient (Wildman–Crippen LogP) is 1.83. The third kappa shape index (κ3) is 2.82. The van der Waals surface area contributed by atoms with E-state index in [0.717, 1.165) is 4.88 Å². The van der Waals surface area contributed by atoms with Crippen LogP contribution in [0.3, 0.4) is 0 Å². The molecule has 100 valence electrons. The molecule has 0 saturated heterocycles. The zero-order chi connectivity index (χ0) is 14.0. The van der Waals surface area contributed by atoms with E-state index in [1.54, 1.807) is 25.4 Å². The topological polar surface area (TPSA) is 73.2 Å². The number of amides is 1. The lowest BCUT2D eigenvalue weighted by Crippen LogP contribution is -2.14. The smallest absolute Gasteiger partial charge is 0.350 e. The van der Waals surface area contributed by atoms with E-state index in [4.69, 9.17) is 0 Å². The molecule has 0 unspecified atom stereocenters. The van der Waals surface area contributed by atoms with E-state index >= 15 is 0 Å². The lowest BCUT2D eigenvalue weighted by atomic mass is 10.3. The van der Waals surface area contributed by atoms with E-state index < -0.39 is 5.97 Å². The molecule has 0 aliphatic carbocycles. The third-order valence-electron chi connectivity index (χ3n) is 2.42. The van der Waals surface area contributed by atoms with E-state index in [1.807, 2.05) is 6.92 Å². The molecule has 0 radical (unpaired) electrons. The first-order valence-electron chi connectivity index (χ1n) is 5.51. The van der Waals surface area contributed by atoms with E-state index in [9.17, 15) is 9.59 Å². The zero-order valence-corrected chi connectivity index (χ0v) is 11.6. The van der Waals surface area contributed by atoms with Gasteiger partial charge in [-0.05, 0) is 19.1 Å². The van der Waals surface area contributed by atoms with Crippen LogP contribution in [0, 0.1) is 6.92 Å².